The maximum absolute atomic E-state index is 13.5. The zero-order chi connectivity index (χ0) is 33.5. The van der Waals surface area contributed by atoms with Gasteiger partial charge in [0.05, 0.1) is 37.3 Å². The molecule has 0 saturated heterocycles. The molecule has 0 unspecified atom stereocenters. The Morgan fingerprint density at radius 2 is 1.45 bits per heavy atom. The number of hydrogen-bond donors (Lipinski definition) is 5. The minimum atomic E-state index is -1.00. The number of nitrogens with zero attached hydrogens (tertiary/aromatic N) is 3. The second-order valence-electron chi connectivity index (χ2n) is 10.8. The van der Waals surface area contributed by atoms with Crippen LogP contribution in [0.25, 0.3) is 16.9 Å². The zero-order valence-electron chi connectivity index (χ0n) is 26.0. The summed E-state index contributed by atoms with van der Waals surface area (Å²) in [6.07, 6.45) is -0.357. The number of aromatic nitrogens is 4. The van der Waals surface area contributed by atoms with Gasteiger partial charge in [-0.25, -0.2) is 0 Å². The third kappa shape index (κ3) is 8.36. The molecule has 2 aromatic heterocycles. The summed E-state index contributed by atoms with van der Waals surface area (Å²) in [6, 6.07) is 17.7. The summed E-state index contributed by atoms with van der Waals surface area (Å²) >= 11 is 0. The van der Waals surface area contributed by atoms with Crippen LogP contribution in [0.1, 0.15) is 40.2 Å². The van der Waals surface area contributed by atoms with Crippen molar-refractivity contribution >= 4 is 34.9 Å². The number of aliphatic carboxylic acids is 2. The molecule has 0 radical (unpaired) electrons. The second kappa shape index (κ2) is 14.4. The summed E-state index contributed by atoms with van der Waals surface area (Å²) in [5.41, 5.74) is 5.09. The number of nitrogens with one attached hydrogen (secondary N) is 3. The Labute approximate surface area is 269 Å². The molecule has 0 fully saturated rings. The molecule has 14 heteroatoms. The van der Waals surface area contributed by atoms with Crippen LogP contribution < -0.4 is 24.8 Å². The number of carboxylic acids is 2. The topological polar surface area (TPSA) is 189 Å². The monoisotopic (exact) mass is 642 g/mol. The highest BCUT2D eigenvalue weighted by Crippen LogP contribution is 2.31. The van der Waals surface area contributed by atoms with Gasteiger partial charge in [-0.05, 0) is 68.8 Å². The van der Waals surface area contributed by atoms with Crippen LogP contribution in [0, 0.1) is 20.8 Å². The molecule has 0 bridgehead atoms. The molecule has 0 saturated carbocycles. The van der Waals surface area contributed by atoms with Gasteiger partial charge >= 0.3 is 11.9 Å². The van der Waals surface area contributed by atoms with Crippen molar-refractivity contribution in [2.45, 2.75) is 33.6 Å². The van der Waals surface area contributed by atoms with Crippen LogP contribution in [0.2, 0.25) is 0 Å². The molecule has 5 aromatic rings. The molecular weight excluding hydrogens is 608 g/mol. The summed E-state index contributed by atoms with van der Waals surface area (Å²) in [7, 11) is 0. The van der Waals surface area contributed by atoms with E-state index in [0.717, 1.165) is 11.1 Å². The molecule has 0 spiro atoms. The lowest BCUT2D eigenvalue weighted by molar-refractivity contribution is -0.138. The number of amides is 1. The van der Waals surface area contributed by atoms with Crippen molar-refractivity contribution in [1.29, 1.82) is 0 Å². The third-order valence-corrected chi connectivity index (χ3v) is 6.96. The standard InChI is InChI=1S/C33H34N6O8/c1-19-4-6-27(45-10-8-31(40)41)25(12-19)33(44)35-24-15-22(26-17-30-37-36-21(3)39(30)38-26)14-23(16-24)34-18-47-29-13-20(2)5-7-28(29)46-11-9-32(42)43/h4-7,12-17,34,37H,8-11,18H2,1-3H3,(H,35,44)(H,40,41)(H,42,43). The van der Waals surface area contributed by atoms with E-state index < -0.39 is 17.8 Å². The number of ether oxygens (including phenoxy) is 3. The number of anilines is 2. The van der Waals surface area contributed by atoms with Crippen LogP contribution in [-0.2, 0) is 9.59 Å². The number of rotatable bonds is 15. The lowest BCUT2D eigenvalue weighted by atomic mass is 10.1. The first-order valence-electron chi connectivity index (χ1n) is 14.7. The number of benzene rings is 3. The number of carbonyl (C=O) groups is 3. The molecule has 0 aliphatic rings. The Kier molecular flexibility index (Phi) is 9.89. The fraction of sp³-hybridized carbons (Fsp3) is 0.242. The van der Waals surface area contributed by atoms with Crippen molar-refractivity contribution in [3.8, 4) is 28.5 Å². The van der Waals surface area contributed by atoms with Gasteiger partial charge in [0, 0.05) is 23.0 Å². The van der Waals surface area contributed by atoms with E-state index in [-0.39, 0.29) is 44.1 Å². The lowest BCUT2D eigenvalue weighted by Gasteiger charge is -2.16. The van der Waals surface area contributed by atoms with Gasteiger partial charge in [-0.15, -0.1) is 0 Å². The summed E-state index contributed by atoms with van der Waals surface area (Å²) in [6.45, 7) is 5.49. The van der Waals surface area contributed by atoms with Gasteiger partial charge in [-0.3, -0.25) is 19.5 Å². The fourth-order valence-electron chi connectivity index (χ4n) is 4.67. The quantitative estimate of drug-likeness (QED) is 0.0960. The van der Waals surface area contributed by atoms with Crippen molar-refractivity contribution in [1.82, 2.24) is 19.8 Å². The Morgan fingerprint density at radius 3 is 2.15 bits per heavy atom. The maximum atomic E-state index is 13.5. The molecule has 14 nitrogen and oxygen atoms in total. The highest BCUT2D eigenvalue weighted by molar-refractivity contribution is 6.06. The third-order valence-electron chi connectivity index (χ3n) is 6.96. The van der Waals surface area contributed by atoms with Crippen LogP contribution >= 0.6 is 0 Å². The van der Waals surface area contributed by atoms with Gasteiger partial charge in [-0.2, -0.15) is 14.7 Å². The molecule has 5 N–H and O–H groups in total. The Bertz CT molecular complexity index is 1930. The highest BCUT2D eigenvalue weighted by atomic mass is 16.5. The van der Waals surface area contributed by atoms with Crippen LogP contribution in [0.15, 0.2) is 60.7 Å². The Hall–Kier alpha value is -6.05. The predicted octanol–water partition coefficient (Wildman–Crippen LogP) is 5.06. The average molecular weight is 643 g/mol. The van der Waals surface area contributed by atoms with E-state index >= 15 is 0 Å². The zero-order valence-corrected chi connectivity index (χ0v) is 26.0. The number of H-pyrrole nitrogens is 1. The predicted molar refractivity (Wildman–Crippen MR) is 172 cm³/mol. The molecule has 47 heavy (non-hydrogen) atoms. The number of aromatic amines is 1. The first-order valence-corrected chi connectivity index (χ1v) is 14.7. The summed E-state index contributed by atoms with van der Waals surface area (Å²) in [5, 5.41) is 35.8. The fourth-order valence-corrected chi connectivity index (χ4v) is 4.67. The number of fused-ring (bicyclic) bond motifs is 1. The normalized spacial score (nSPS) is 10.9. The number of carboxylic acid groups (broad SMARTS) is 2. The van der Waals surface area contributed by atoms with Gasteiger partial charge in [0.15, 0.2) is 23.9 Å². The van der Waals surface area contributed by atoms with Crippen molar-refractivity contribution in [3.05, 3.63) is 83.2 Å². The van der Waals surface area contributed by atoms with Gasteiger partial charge in [0.2, 0.25) is 0 Å². The molecular formula is C33H34N6O8. The first-order chi connectivity index (χ1) is 22.5. The Balaban J connectivity index is 1.39. The second-order valence-corrected chi connectivity index (χ2v) is 10.8. The van der Waals surface area contributed by atoms with Crippen molar-refractivity contribution < 1.29 is 38.8 Å². The van der Waals surface area contributed by atoms with Gasteiger partial charge < -0.3 is 35.1 Å². The van der Waals surface area contributed by atoms with E-state index in [4.69, 9.17) is 24.4 Å². The Morgan fingerprint density at radius 1 is 0.787 bits per heavy atom. The van der Waals surface area contributed by atoms with E-state index in [1.807, 2.05) is 39.0 Å². The molecule has 0 aliphatic heterocycles. The van der Waals surface area contributed by atoms with Gasteiger partial charge in [0.25, 0.3) is 5.91 Å². The molecule has 0 atom stereocenters. The molecule has 0 aliphatic carbocycles. The summed E-state index contributed by atoms with van der Waals surface area (Å²) in [5.74, 6) is -0.617. The van der Waals surface area contributed by atoms with Crippen LogP contribution in [0.4, 0.5) is 11.4 Å². The van der Waals surface area contributed by atoms with Gasteiger partial charge in [-0.1, -0.05) is 17.7 Å². The van der Waals surface area contributed by atoms with Crippen LogP contribution in [0.5, 0.6) is 17.2 Å². The molecule has 3 aromatic carbocycles. The van der Waals surface area contributed by atoms with Crippen molar-refractivity contribution in [3.63, 3.8) is 0 Å². The van der Waals surface area contributed by atoms with E-state index in [0.29, 0.717) is 45.6 Å². The van der Waals surface area contributed by atoms with E-state index in [1.165, 1.54) is 0 Å². The van der Waals surface area contributed by atoms with E-state index in [9.17, 15) is 14.4 Å². The molecule has 2 heterocycles. The smallest absolute Gasteiger partial charge is 0.306 e. The lowest BCUT2D eigenvalue weighted by Crippen LogP contribution is -2.16. The number of carbonyl (C=O) groups excluding carboxylic acids is 1. The largest absolute Gasteiger partial charge is 0.492 e. The van der Waals surface area contributed by atoms with E-state index in [1.54, 1.807) is 47.0 Å². The molecule has 5 rings (SSSR count). The SMILES string of the molecule is Cc1ccc(OCCC(=O)O)c(OCNc2cc(NC(=O)c3cc(C)ccc3OCCC(=O)O)cc(-c3cc4[nH]nc(C)n4n3)c2)c1. The number of hydrogen-bond acceptors (Lipinski definition) is 9. The van der Waals surface area contributed by atoms with Gasteiger partial charge in [0.1, 0.15) is 11.6 Å². The first kappa shape index (κ1) is 32.3. The maximum Gasteiger partial charge on any atom is 0.306 e. The average Bonchev–Trinajstić information content (AvgIpc) is 3.60. The van der Waals surface area contributed by atoms with Crippen LogP contribution in [-0.4, -0.2) is 67.8 Å². The molecule has 244 valence electrons. The van der Waals surface area contributed by atoms with Crippen LogP contribution in [0.3, 0.4) is 0 Å². The minimum absolute atomic E-state index is 0.00574. The summed E-state index contributed by atoms with van der Waals surface area (Å²) in [4.78, 5) is 35.5. The highest BCUT2D eigenvalue weighted by Gasteiger charge is 2.17. The summed E-state index contributed by atoms with van der Waals surface area (Å²) < 4.78 is 18.9. The van der Waals surface area contributed by atoms with Crippen molar-refractivity contribution in [2.24, 2.45) is 0 Å². The molecule has 1 amide bonds. The number of aryl methyl sites for hydroxylation is 3. The van der Waals surface area contributed by atoms with E-state index in [2.05, 4.69) is 25.9 Å². The minimum Gasteiger partial charge on any atom is -0.492 e. The van der Waals surface area contributed by atoms with Crippen molar-refractivity contribution in [2.75, 3.05) is 30.6 Å².